The summed E-state index contributed by atoms with van der Waals surface area (Å²) in [6.07, 6.45) is 1.77. The van der Waals surface area contributed by atoms with Crippen LogP contribution in [0, 0.1) is 0 Å². The minimum Gasteiger partial charge on any atom is -0.488 e. The van der Waals surface area contributed by atoms with Gasteiger partial charge in [-0.1, -0.05) is 84.4 Å². The topological polar surface area (TPSA) is 46.6 Å². The van der Waals surface area contributed by atoms with Gasteiger partial charge in [0.15, 0.2) is 0 Å². The number of halogens is 1. The fourth-order valence-corrected chi connectivity index (χ4v) is 4.77. The molecule has 4 nitrogen and oxygen atoms in total. The molecular formula is C28H20ClNO3S. The molecule has 0 N–H and O–H groups in total. The van der Waals surface area contributed by atoms with Crippen LogP contribution in [-0.4, -0.2) is 16.0 Å². The van der Waals surface area contributed by atoms with Crippen LogP contribution in [0.4, 0.5) is 4.79 Å². The second-order valence-electron chi connectivity index (χ2n) is 7.87. The fraction of sp³-hybridized carbons (Fsp3) is 0.0714. The van der Waals surface area contributed by atoms with E-state index in [1.165, 1.54) is 4.90 Å². The molecule has 4 aromatic rings. The van der Waals surface area contributed by atoms with Gasteiger partial charge in [-0.05, 0) is 57.9 Å². The first-order chi connectivity index (χ1) is 16.6. The molecule has 1 aliphatic heterocycles. The maximum atomic E-state index is 13.2. The van der Waals surface area contributed by atoms with Crippen LogP contribution in [0.5, 0.6) is 5.75 Å². The second kappa shape index (κ2) is 9.75. The zero-order valence-electron chi connectivity index (χ0n) is 18.1. The summed E-state index contributed by atoms with van der Waals surface area (Å²) in [5.41, 5.74) is 2.67. The average Bonchev–Trinajstić information content (AvgIpc) is 3.12. The van der Waals surface area contributed by atoms with Gasteiger partial charge in [0.2, 0.25) is 0 Å². The average molecular weight is 486 g/mol. The van der Waals surface area contributed by atoms with E-state index >= 15 is 0 Å². The first kappa shape index (κ1) is 22.3. The number of thioether (sulfide) groups is 1. The highest BCUT2D eigenvalue weighted by molar-refractivity contribution is 8.18. The smallest absolute Gasteiger partial charge is 0.293 e. The van der Waals surface area contributed by atoms with Crippen molar-refractivity contribution >= 4 is 51.4 Å². The van der Waals surface area contributed by atoms with Gasteiger partial charge in [0.05, 0.1) is 11.4 Å². The van der Waals surface area contributed by atoms with Gasteiger partial charge in [-0.15, -0.1) is 0 Å². The maximum Gasteiger partial charge on any atom is 0.293 e. The molecule has 0 aromatic heterocycles. The van der Waals surface area contributed by atoms with Gasteiger partial charge in [-0.2, -0.15) is 0 Å². The number of hydrogen-bond donors (Lipinski definition) is 0. The van der Waals surface area contributed by atoms with Gasteiger partial charge < -0.3 is 4.74 Å². The van der Waals surface area contributed by atoms with E-state index in [0.717, 1.165) is 39.2 Å². The molecule has 5 rings (SSSR count). The van der Waals surface area contributed by atoms with E-state index in [0.29, 0.717) is 22.3 Å². The quantitative estimate of drug-likeness (QED) is 0.269. The summed E-state index contributed by atoms with van der Waals surface area (Å²) >= 11 is 6.90. The van der Waals surface area contributed by atoms with E-state index in [9.17, 15) is 9.59 Å². The lowest BCUT2D eigenvalue weighted by molar-refractivity contribution is -0.123. The van der Waals surface area contributed by atoms with Crippen molar-refractivity contribution in [1.29, 1.82) is 0 Å². The Hall–Kier alpha value is -3.54. The third-order valence-corrected chi connectivity index (χ3v) is 6.73. The van der Waals surface area contributed by atoms with Crippen molar-refractivity contribution in [2.75, 3.05) is 0 Å². The molecule has 1 fully saturated rings. The second-order valence-corrected chi connectivity index (χ2v) is 9.30. The Balaban J connectivity index is 1.47. The lowest BCUT2D eigenvalue weighted by Crippen LogP contribution is -2.27. The van der Waals surface area contributed by atoms with Crippen molar-refractivity contribution in [3.05, 3.63) is 118 Å². The molecule has 4 aromatic carbocycles. The van der Waals surface area contributed by atoms with E-state index in [4.69, 9.17) is 16.3 Å². The van der Waals surface area contributed by atoms with Gasteiger partial charge in [0.1, 0.15) is 12.4 Å². The Kier molecular flexibility index (Phi) is 6.39. The lowest BCUT2D eigenvalue weighted by atomic mass is 10.0. The molecule has 1 aliphatic rings. The van der Waals surface area contributed by atoms with Crippen molar-refractivity contribution in [3.63, 3.8) is 0 Å². The van der Waals surface area contributed by atoms with Crippen molar-refractivity contribution in [1.82, 2.24) is 4.90 Å². The van der Waals surface area contributed by atoms with Gasteiger partial charge in [-0.3, -0.25) is 14.5 Å². The highest BCUT2D eigenvalue weighted by atomic mass is 35.5. The molecule has 0 bridgehead atoms. The standard InChI is InChI=1S/C28H20ClNO3S/c29-22-13-10-19(11-14-22)17-30-27(31)26(34-28(30)32)16-24-23-9-5-4-8-21(23)12-15-25(24)33-18-20-6-2-1-3-7-20/h1-16H,17-18H2/b26-16-. The summed E-state index contributed by atoms with van der Waals surface area (Å²) in [5, 5.41) is 2.30. The number of imide groups is 1. The maximum absolute atomic E-state index is 13.2. The van der Waals surface area contributed by atoms with E-state index < -0.39 is 0 Å². The first-order valence-electron chi connectivity index (χ1n) is 10.8. The number of benzene rings is 4. The normalized spacial score (nSPS) is 14.9. The monoisotopic (exact) mass is 485 g/mol. The van der Waals surface area contributed by atoms with E-state index in [2.05, 4.69) is 0 Å². The molecule has 0 spiro atoms. The summed E-state index contributed by atoms with van der Waals surface area (Å²) < 4.78 is 6.16. The first-order valence-corrected chi connectivity index (χ1v) is 12.0. The number of hydrogen-bond acceptors (Lipinski definition) is 4. The third kappa shape index (κ3) is 4.72. The number of fused-ring (bicyclic) bond motifs is 1. The van der Waals surface area contributed by atoms with Gasteiger partial charge in [-0.25, -0.2) is 0 Å². The highest BCUT2D eigenvalue weighted by Gasteiger charge is 2.35. The van der Waals surface area contributed by atoms with Gasteiger partial charge >= 0.3 is 0 Å². The summed E-state index contributed by atoms with van der Waals surface area (Å²) in [6.45, 7) is 0.601. The number of carbonyl (C=O) groups is 2. The predicted molar refractivity (Wildman–Crippen MR) is 138 cm³/mol. The van der Waals surface area contributed by atoms with Gasteiger partial charge in [0.25, 0.3) is 11.1 Å². The van der Waals surface area contributed by atoms with E-state index in [-0.39, 0.29) is 17.7 Å². The summed E-state index contributed by atoms with van der Waals surface area (Å²) in [4.78, 5) is 27.5. The van der Waals surface area contributed by atoms with E-state index in [1.807, 2.05) is 78.9 Å². The van der Waals surface area contributed by atoms with Crippen molar-refractivity contribution < 1.29 is 14.3 Å². The van der Waals surface area contributed by atoms with Crippen molar-refractivity contribution in [2.45, 2.75) is 13.2 Å². The molecule has 0 aliphatic carbocycles. The zero-order chi connectivity index (χ0) is 23.5. The minimum absolute atomic E-state index is 0.200. The van der Waals surface area contributed by atoms with Crippen molar-refractivity contribution in [2.24, 2.45) is 0 Å². The summed E-state index contributed by atoms with van der Waals surface area (Å²) in [7, 11) is 0. The Morgan fingerprint density at radius 1 is 0.824 bits per heavy atom. The molecule has 1 heterocycles. The summed E-state index contributed by atoms with van der Waals surface area (Å²) in [6, 6.07) is 28.9. The third-order valence-electron chi connectivity index (χ3n) is 5.57. The van der Waals surface area contributed by atoms with Crippen molar-refractivity contribution in [3.8, 4) is 5.75 Å². The number of rotatable bonds is 6. The Labute approximate surface area is 206 Å². The van der Waals surface area contributed by atoms with Crippen LogP contribution in [-0.2, 0) is 17.9 Å². The number of nitrogens with zero attached hydrogens (tertiary/aromatic N) is 1. The Morgan fingerprint density at radius 3 is 2.35 bits per heavy atom. The number of amides is 2. The molecule has 1 saturated heterocycles. The number of ether oxygens (including phenoxy) is 1. The van der Waals surface area contributed by atoms with Crippen LogP contribution < -0.4 is 4.74 Å². The molecule has 2 amide bonds. The molecule has 0 saturated carbocycles. The Morgan fingerprint density at radius 2 is 1.56 bits per heavy atom. The van der Waals surface area contributed by atoms with Crippen LogP contribution in [0.15, 0.2) is 95.9 Å². The van der Waals surface area contributed by atoms with Gasteiger partial charge in [0, 0.05) is 10.6 Å². The van der Waals surface area contributed by atoms with Crippen LogP contribution >= 0.6 is 23.4 Å². The molecule has 0 atom stereocenters. The molecular weight excluding hydrogens is 466 g/mol. The van der Waals surface area contributed by atoms with Crippen LogP contribution in [0.25, 0.3) is 16.8 Å². The zero-order valence-corrected chi connectivity index (χ0v) is 19.7. The highest BCUT2D eigenvalue weighted by Crippen LogP contribution is 2.37. The molecule has 0 radical (unpaired) electrons. The largest absolute Gasteiger partial charge is 0.488 e. The fourth-order valence-electron chi connectivity index (χ4n) is 3.83. The molecule has 6 heteroatoms. The molecule has 0 unspecified atom stereocenters. The minimum atomic E-state index is -0.313. The van der Waals surface area contributed by atoms with Crippen LogP contribution in [0.3, 0.4) is 0 Å². The lowest BCUT2D eigenvalue weighted by Gasteiger charge is -2.13. The SMILES string of the molecule is O=C1S/C(=C\c2c(OCc3ccccc3)ccc3ccccc23)C(=O)N1Cc1ccc(Cl)cc1. The van der Waals surface area contributed by atoms with Crippen LogP contribution in [0.1, 0.15) is 16.7 Å². The molecule has 168 valence electrons. The van der Waals surface area contributed by atoms with Crippen LogP contribution in [0.2, 0.25) is 5.02 Å². The predicted octanol–water partition coefficient (Wildman–Crippen LogP) is 7.31. The summed E-state index contributed by atoms with van der Waals surface area (Å²) in [5.74, 6) is 0.346. The van der Waals surface area contributed by atoms with E-state index in [1.54, 1.807) is 18.2 Å². The molecule has 34 heavy (non-hydrogen) atoms. The Bertz CT molecular complexity index is 1400. The number of carbonyl (C=O) groups excluding carboxylic acids is 2.